The summed E-state index contributed by atoms with van der Waals surface area (Å²) in [5.41, 5.74) is 7.30. The van der Waals surface area contributed by atoms with Crippen LogP contribution in [0, 0.1) is 0 Å². The van der Waals surface area contributed by atoms with E-state index in [1.165, 1.54) is 18.7 Å². The molecule has 2 aromatic rings. The van der Waals surface area contributed by atoms with Crippen molar-refractivity contribution in [1.29, 1.82) is 0 Å². The van der Waals surface area contributed by atoms with Crippen LogP contribution in [-0.2, 0) is 30.4 Å². The lowest BCUT2D eigenvalue weighted by atomic mass is 10.0. The number of carboxylic acid groups (broad SMARTS) is 2. The number of carboxylic acids is 2. The summed E-state index contributed by atoms with van der Waals surface area (Å²) in [5.74, 6) is -4.39. The number of rotatable bonds is 14. The Labute approximate surface area is 211 Å². The topological polar surface area (TPSA) is 204 Å². The van der Waals surface area contributed by atoms with E-state index in [4.69, 9.17) is 10.8 Å². The monoisotopic (exact) mass is 521 g/mol. The van der Waals surface area contributed by atoms with Gasteiger partial charge in [-0.15, -0.1) is 0 Å². The number of hydrogen-bond acceptors (Lipinski definition) is 7. The van der Waals surface area contributed by atoms with Gasteiger partial charge in [0.2, 0.25) is 17.7 Å². The number of hydrogen-bond donors (Lipinski definition) is 7. The summed E-state index contributed by atoms with van der Waals surface area (Å²) in [6.07, 6.45) is 3.08. The Morgan fingerprint density at radius 1 is 1.00 bits per heavy atom. The summed E-state index contributed by atoms with van der Waals surface area (Å²) in [5, 5.41) is 26.4. The molecule has 36 heavy (non-hydrogen) atoms. The number of carbonyl (C=O) groups is 5. The summed E-state index contributed by atoms with van der Waals surface area (Å²) in [7, 11) is 0. The molecular weight excluding hydrogens is 490 g/mol. The van der Waals surface area contributed by atoms with Crippen molar-refractivity contribution >= 4 is 52.3 Å². The first kappa shape index (κ1) is 28.7. The maximum absolute atomic E-state index is 13.0. The summed E-state index contributed by atoms with van der Waals surface area (Å²) in [4.78, 5) is 64.0. The molecule has 0 aliphatic carbocycles. The van der Waals surface area contributed by atoms with Gasteiger partial charge in [0.15, 0.2) is 0 Å². The zero-order chi connectivity index (χ0) is 26.8. The number of para-hydroxylation sites is 1. The molecule has 4 atom stereocenters. The number of aliphatic carboxylic acids is 2. The van der Waals surface area contributed by atoms with Crippen molar-refractivity contribution < 1.29 is 34.2 Å². The zero-order valence-corrected chi connectivity index (χ0v) is 20.8. The van der Waals surface area contributed by atoms with Crippen molar-refractivity contribution in [2.45, 2.75) is 50.4 Å². The Bertz CT molecular complexity index is 1110. The van der Waals surface area contributed by atoms with Gasteiger partial charge in [-0.05, 0) is 37.0 Å². The summed E-state index contributed by atoms with van der Waals surface area (Å²) in [6.45, 7) is 1.27. The molecular formula is C23H31N5O7S. The average molecular weight is 522 g/mol. The predicted octanol–water partition coefficient (Wildman–Crippen LogP) is -0.176. The number of nitrogens with two attached hydrogens (primary N) is 1. The highest BCUT2D eigenvalue weighted by Gasteiger charge is 2.31. The second kappa shape index (κ2) is 13.5. The average Bonchev–Trinajstić information content (AvgIpc) is 3.23. The van der Waals surface area contributed by atoms with Crippen molar-refractivity contribution in [2.75, 3.05) is 12.0 Å². The summed E-state index contributed by atoms with van der Waals surface area (Å²) in [6, 6.07) is 2.36. The van der Waals surface area contributed by atoms with Gasteiger partial charge in [0.25, 0.3) is 0 Å². The second-order valence-electron chi connectivity index (χ2n) is 8.24. The molecule has 0 bridgehead atoms. The molecule has 196 valence electrons. The molecule has 3 amide bonds. The van der Waals surface area contributed by atoms with E-state index >= 15 is 0 Å². The maximum Gasteiger partial charge on any atom is 0.325 e. The van der Waals surface area contributed by atoms with Gasteiger partial charge in [-0.3, -0.25) is 24.0 Å². The molecule has 12 nitrogen and oxygen atoms in total. The minimum atomic E-state index is -1.49. The third-order valence-corrected chi connectivity index (χ3v) is 6.09. The maximum atomic E-state index is 13.0. The smallest absolute Gasteiger partial charge is 0.325 e. The quantitative estimate of drug-likeness (QED) is 0.176. The molecule has 0 fully saturated rings. The number of aromatic nitrogens is 1. The van der Waals surface area contributed by atoms with Crippen LogP contribution in [0.3, 0.4) is 0 Å². The van der Waals surface area contributed by atoms with Gasteiger partial charge in [-0.1, -0.05) is 18.2 Å². The Morgan fingerprint density at radius 3 is 2.28 bits per heavy atom. The highest BCUT2D eigenvalue weighted by atomic mass is 32.2. The number of thioether (sulfide) groups is 1. The number of fused-ring (bicyclic) bond motifs is 1. The van der Waals surface area contributed by atoms with Crippen LogP contribution in [0.5, 0.6) is 0 Å². The molecule has 1 aromatic carbocycles. The Balaban J connectivity index is 2.26. The lowest BCUT2D eigenvalue weighted by Crippen LogP contribution is -2.57. The molecule has 0 spiro atoms. The molecule has 2 rings (SSSR count). The Kier molecular flexibility index (Phi) is 10.7. The molecule has 0 saturated carbocycles. The lowest BCUT2D eigenvalue weighted by molar-refractivity contribution is -0.143. The van der Waals surface area contributed by atoms with Crippen LogP contribution < -0.4 is 21.7 Å². The van der Waals surface area contributed by atoms with Crippen LogP contribution in [0.4, 0.5) is 0 Å². The highest BCUT2D eigenvalue weighted by Crippen LogP contribution is 2.19. The van der Waals surface area contributed by atoms with Crippen LogP contribution in [0.15, 0.2) is 30.5 Å². The number of nitrogens with one attached hydrogen (secondary N) is 4. The van der Waals surface area contributed by atoms with Gasteiger partial charge in [0.05, 0.1) is 12.5 Å². The van der Waals surface area contributed by atoms with Gasteiger partial charge in [0.1, 0.15) is 18.1 Å². The molecule has 0 aliphatic heterocycles. The number of benzene rings is 1. The number of H-pyrrole nitrogens is 1. The van der Waals surface area contributed by atoms with E-state index in [9.17, 15) is 29.1 Å². The zero-order valence-electron chi connectivity index (χ0n) is 19.9. The van der Waals surface area contributed by atoms with E-state index in [1.807, 2.05) is 24.5 Å². The van der Waals surface area contributed by atoms with E-state index < -0.39 is 60.2 Å². The molecule has 0 radical (unpaired) electrons. The van der Waals surface area contributed by atoms with Crippen LogP contribution in [0.2, 0.25) is 0 Å². The van der Waals surface area contributed by atoms with Crippen LogP contribution in [0.1, 0.15) is 25.3 Å². The molecule has 8 N–H and O–H groups in total. The first-order valence-electron chi connectivity index (χ1n) is 11.2. The second-order valence-corrected chi connectivity index (χ2v) is 9.23. The minimum absolute atomic E-state index is 0.0189. The predicted molar refractivity (Wildman–Crippen MR) is 134 cm³/mol. The van der Waals surface area contributed by atoms with Gasteiger partial charge in [0, 0.05) is 23.5 Å². The van der Waals surface area contributed by atoms with Gasteiger partial charge >= 0.3 is 11.9 Å². The fourth-order valence-electron chi connectivity index (χ4n) is 3.42. The van der Waals surface area contributed by atoms with Gasteiger partial charge in [-0.25, -0.2) is 0 Å². The van der Waals surface area contributed by atoms with Gasteiger partial charge < -0.3 is 36.9 Å². The summed E-state index contributed by atoms with van der Waals surface area (Å²) >= 11 is 1.48. The fraction of sp³-hybridized carbons (Fsp3) is 0.435. The largest absolute Gasteiger partial charge is 0.481 e. The van der Waals surface area contributed by atoms with Crippen LogP contribution in [-0.4, -0.2) is 81.0 Å². The number of amides is 3. The van der Waals surface area contributed by atoms with Crippen molar-refractivity contribution in [3.8, 4) is 0 Å². The van der Waals surface area contributed by atoms with Crippen molar-refractivity contribution in [2.24, 2.45) is 5.73 Å². The molecule has 0 saturated heterocycles. The third-order valence-electron chi connectivity index (χ3n) is 5.44. The molecule has 4 unspecified atom stereocenters. The first-order chi connectivity index (χ1) is 17.0. The van der Waals surface area contributed by atoms with Gasteiger partial charge in [-0.2, -0.15) is 11.8 Å². The van der Waals surface area contributed by atoms with E-state index in [-0.39, 0.29) is 6.42 Å². The summed E-state index contributed by atoms with van der Waals surface area (Å²) < 4.78 is 0. The standard InChI is InChI=1S/C23H31N5O7S/c1-12(23(34)35)26-21(32)17(9-13-11-25-16-6-4-3-5-14(13)16)28-22(33)18(10-19(29)30)27-20(31)15(24)7-8-36-2/h3-6,11-12,15,17-18,25H,7-10,24H2,1-2H3,(H,26,32)(H,27,31)(H,28,33)(H,29,30)(H,34,35). The van der Waals surface area contributed by atoms with E-state index in [0.717, 1.165) is 10.9 Å². The normalized spacial score (nSPS) is 14.3. The Morgan fingerprint density at radius 2 is 1.64 bits per heavy atom. The lowest BCUT2D eigenvalue weighted by Gasteiger charge is -2.24. The number of aromatic amines is 1. The minimum Gasteiger partial charge on any atom is -0.481 e. The number of carbonyl (C=O) groups excluding carboxylic acids is 3. The third kappa shape index (κ3) is 8.27. The highest BCUT2D eigenvalue weighted by molar-refractivity contribution is 7.98. The SMILES string of the molecule is CSCCC(N)C(=O)NC(CC(=O)O)C(=O)NC(Cc1c[nH]c2ccccc12)C(=O)NC(C)C(=O)O. The molecule has 0 aliphatic rings. The molecule has 13 heteroatoms. The van der Waals surface area contributed by atoms with E-state index in [0.29, 0.717) is 17.7 Å². The van der Waals surface area contributed by atoms with Crippen LogP contribution in [0.25, 0.3) is 10.9 Å². The van der Waals surface area contributed by atoms with E-state index in [1.54, 1.807) is 12.3 Å². The van der Waals surface area contributed by atoms with E-state index in [2.05, 4.69) is 20.9 Å². The van der Waals surface area contributed by atoms with Crippen molar-refractivity contribution in [3.63, 3.8) is 0 Å². The first-order valence-corrected chi connectivity index (χ1v) is 12.6. The van der Waals surface area contributed by atoms with Crippen molar-refractivity contribution in [1.82, 2.24) is 20.9 Å². The Hall–Kier alpha value is -3.58. The fourth-order valence-corrected chi connectivity index (χ4v) is 3.91. The van der Waals surface area contributed by atoms with Crippen molar-refractivity contribution in [3.05, 3.63) is 36.0 Å². The molecule has 1 heterocycles. The van der Waals surface area contributed by atoms with Crippen LogP contribution >= 0.6 is 11.8 Å². The molecule has 1 aromatic heterocycles.